The molecule has 5 nitrogen and oxygen atoms in total. The predicted molar refractivity (Wildman–Crippen MR) is 36.8 cm³/mol. The summed E-state index contributed by atoms with van der Waals surface area (Å²) in [6, 6.07) is 0. The average molecular weight is 145 g/mol. The lowest BCUT2D eigenvalue weighted by Gasteiger charge is -1.93. The summed E-state index contributed by atoms with van der Waals surface area (Å²) in [6.07, 6.45) is 1.05. The van der Waals surface area contributed by atoms with E-state index in [2.05, 4.69) is 9.99 Å². The Labute approximate surface area is 59.0 Å². The van der Waals surface area contributed by atoms with Gasteiger partial charge in [0.05, 0.1) is 0 Å². The van der Waals surface area contributed by atoms with E-state index < -0.39 is 5.97 Å². The molecule has 0 aliphatic carbocycles. The minimum Gasteiger partial charge on any atom is -0.367 e. The Morgan fingerprint density at radius 2 is 2.20 bits per heavy atom. The van der Waals surface area contributed by atoms with Crippen molar-refractivity contribution in [2.24, 2.45) is 16.6 Å². The summed E-state index contributed by atoms with van der Waals surface area (Å²) >= 11 is 0. The Morgan fingerprint density at radius 3 is 2.60 bits per heavy atom. The Morgan fingerprint density at radius 1 is 1.60 bits per heavy atom. The normalized spacial score (nSPS) is 8.50. The molecule has 4 N–H and O–H groups in total. The molecule has 0 atom stereocenters. The number of carbonyl (C=O) groups excluding carboxylic acids is 1. The summed E-state index contributed by atoms with van der Waals surface area (Å²) in [5.74, 6) is -0.666. The molecule has 0 rings (SSSR count). The number of nitrogens with zero attached hydrogens (tertiary/aromatic N) is 1. The lowest BCUT2D eigenvalue weighted by atomic mass is 10.3. The summed E-state index contributed by atoms with van der Waals surface area (Å²) in [5, 5.41) is 3.07. The fourth-order valence-electron chi connectivity index (χ4n) is 0.353. The van der Waals surface area contributed by atoms with Crippen LogP contribution in [0, 0.1) is 0 Å². The van der Waals surface area contributed by atoms with Gasteiger partial charge in [-0.2, -0.15) is 0 Å². The topological polar surface area (TPSA) is 90.7 Å². The molecule has 0 spiro atoms. The lowest BCUT2D eigenvalue weighted by molar-refractivity contribution is -0.143. The molecule has 0 bridgehead atoms. The van der Waals surface area contributed by atoms with Gasteiger partial charge in [0.1, 0.15) is 0 Å². The fraction of sp³-hybridized carbons (Fsp3) is 0.600. The van der Waals surface area contributed by atoms with Gasteiger partial charge in [-0.3, -0.25) is 0 Å². The maximum Gasteiger partial charge on any atom is 0.335 e. The molecule has 10 heavy (non-hydrogen) atoms. The molecule has 0 unspecified atom stereocenters. The smallest absolute Gasteiger partial charge is 0.335 e. The SMILES string of the molecule is CCCC(=O)ON=C(N)N. The number of oxime groups is 1. The van der Waals surface area contributed by atoms with E-state index in [4.69, 9.17) is 11.5 Å². The Balaban J connectivity index is 3.49. The van der Waals surface area contributed by atoms with Gasteiger partial charge in [-0.1, -0.05) is 6.92 Å². The molecule has 0 aromatic carbocycles. The molecule has 0 aromatic rings. The summed E-state index contributed by atoms with van der Waals surface area (Å²) in [4.78, 5) is 14.7. The van der Waals surface area contributed by atoms with Gasteiger partial charge in [-0.25, -0.2) is 4.79 Å². The van der Waals surface area contributed by atoms with E-state index in [0.29, 0.717) is 6.42 Å². The van der Waals surface area contributed by atoms with E-state index in [-0.39, 0.29) is 5.96 Å². The molecule has 5 heteroatoms. The van der Waals surface area contributed by atoms with E-state index >= 15 is 0 Å². The van der Waals surface area contributed by atoms with Crippen LogP contribution < -0.4 is 11.5 Å². The number of rotatable bonds is 3. The van der Waals surface area contributed by atoms with Crippen molar-refractivity contribution in [3.8, 4) is 0 Å². The zero-order valence-electron chi connectivity index (χ0n) is 5.83. The van der Waals surface area contributed by atoms with Gasteiger partial charge in [0.15, 0.2) is 0 Å². The van der Waals surface area contributed by atoms with Gasteiger partial charge < -0.3 is 16.3 Å². The molecule has 0 aliphatic rings. The molecular weight excluding hydrogens is 134 g/mol. The number of hydrogen-bond donors (Lipinski definition) is 2. The Hall–Kier alpha value is -1.26. The van der Waals surface area contributed by atoms with Crippen molar-refractivity contribution in [3.05, 3.63) is 0 Å². The first-order chi connectivity index (χ1) is 4.66. The molecule has 58 valence electrons. The van der Waals surface area contributed by atoms with Crippen LogP contribution in [0.3, 0.4) is 0 Å². The van der Waals surface area contributed by atoms with Gasteiger partial charge in [0.2, 0.25) is 5.96 Å². The second-order valence-electron chi connectivity index (χ2n) is 1.73. The average Bonchev–Trinajstić information content (AvgIpc) is 1.85. The van der Waals surface area contributed by atoms with Crippen LogP contribution >= 0.6 is 0 Å². The molecule has 0 radical (unpaired) electrons. The van der Waals surface area contributed by atoms with Crippen LogP contribution in [0.15, 0.2) is 5.16 Å². The highest BCUT2D eigenvalue weighted by atomic mass is 16.7. The maximum atomic E-state index is 10.5. The number of nitrogens with two attached hydrogens (primary N) is 2. The van der Waals surface area contributed by atoms with E-state index in [0.717, 1.165) is 6.42 Å². The third-order valence-corrected chi connectivity index (χ3v) is 0.707. The number of hydrogen-bond acceptors (Lipinski definition) is 3. The zero-order valence-corrected chi connectivity index (χ0v) is 5.83. The summed E-state index contributed by atoms with van der Waals surface area (Å²) < 4.78 is 0. The fourth-order valence-corrected chi connectivity index (χ4v) is 0.353. The van der Waals surface area contributed by atoms with Crippen molar-refractivity contribution >= 4 is 11.9 Å². The van der Waals surface area contributed by atoms with Crippen LogP contribution in [0.25, 0.3) is 0 Å². The van der Waals surface area contributed by atoms with Crippen LogP contribution in [0.4, 0.5) is 0 Å². The zero-order chi connectivity index (χ0) is 7.98. The molecule has 0 heterocycles. The van der Waals surface area contributed by atoms with Crippen LogP contribution in [-0.4, -0.2) is 11.9 Å². The van der Waals surface area contributed by atoms with Crippen molar-refractivity contribution < 1.29 is 9.63 Å². The predicted octanol–water partition coefficient (Wildman–Crippen LogP) is -0.482. The molecule has 0 aromatic heterocycles. The largest absolute Gasteiger partial charge is 0.367 e. The Kier molecular flexibility index (Phi) is 4.02. The highest BCUT2D eigenvalue weighted by Crippen LogP contribution is 1.90. The van der Waals surface area contributed by atoms with Gasteiger partial charge in [0.25, 0.3) is 0 Å². The van der Waals surface area contributed by atoms with Crippen LogP contribution in [-0.2, 0) is 9.63 Å². The van der Waals surface area contributed by atoms with Crippen molar-refractivity contribution in [1.82, 2.24) is 0 Å². The monoisotopic (exact) mass is 145 g/mol. The number of carbonyl (C=O) groups is 1. The van der Waals surface area contributed by atoms with E-state index in [1.54, 1.807) is 0 Å². The van der Waals surface area contributed by atoms with E-state index in [9.17, 15) is 4.79 Å². The van der Waals surface area contributed by atoms with Crippen molar-refractivity contribution in [2.75, 3.05) is 0 Å². The van der Waals surface area contributed by atoms with Gasteiger partial charge in [-0.15, -0.1) is 0 Å². The molecular formula is C5H11N3O2. The summed E-state index contributed by atoms with van der Waals surface area (Å²) in [5.41, 5.74) is 9.77. The highest BCUT2D eigenvalue weighted by molar-refractivity contribution is 5.77. The highest BCUT2D eigenvalue weighted by Gasteiger charge is 1.98. The van der Waals surface area contributed by atoms with Gasteiger partial charge in [0, 0.05) is 6.42 Å². The third kappa shape index (κ3) is 4.89. The van der Waals surface area contributed by atoms with Crippen molar-refractivity contribution in [2.45, 2.75) is 19.8 Å². The molecule has 0 saturated heterocycles. The van der Waals surface area contributed by atoms with Crippen LogP contribution in [0.1, 0.15) is 19.8 Å². The van der Waals surface area contributed by atoms with Crippen molar-refractivity contribution in [1.29, 1.82) is 0 Å². The molecule has 0 saturated carbocycles. The van der Waals surface area contributed by atoms with E-state index in [1.165, 1.54) is 0 Å². The summed E-state index contributed by atoms with van der Waals surface area (Å²) in [7, 11) is 0. The lowest BCUT2D eigenvalue weighted by Crippen LogP contribution is -2.23. The molecule has 0 fully saturated rings. The first-order valence-electron chi connectivity index (χ1n) is 2.95. The standard InChI is InChI=1S/C5H11N3O2/c1-2-3-4(9)10-8-5(6)7/h2-3H2,1H3,(H4,6,7,8). The molecule has 0 amide bonds. The van der Waals surface area contributed by atoms with Gasteiger partial charge >= 0.3 is 5.97 Å². The quantitative estimate of drug-likeness (QED) is 0.243. The molecule has 0 aliphatic heterocycles. The Bertz CT molecular complexity index is 140. The first kappa shape index (κ1) is 8.74. The van der Waals surface area contributed by atoms with Crippen LogP contribution in [0.5, 0.6) is 0 Å². The maximum absolute atomic E-state index is 10.5. The van der Waals surface area contributed by atoms with Crippen LogP contribution in [0.2, 0.25) is 0 Å². The van der Waals surface area contributed by atoms with E-state index in [1.807, 2.05) is 6.92 Å². The number of guanidine groups is 1. The second kappa shape index (κ2) is 4.60. The minimum atomic E-state index is -0.420. The van der Waals surface area contributed by atoms with Gasteiger partial charge in [-0.05, 0) is 11.6 Å². The third-order valence-electron chi connectivity index (χ3n) is 0.707. The van der Waals surface area contributed by atoms with Crippen molar-refractivity contribution in [3.63, 3.8) is 0 Å². The first-order valence-corrected chi connectivity index (χ1v) is 2.95. The second-order valence-corrected chi connectivity index (χ2v) is 1.73. The minimum absolute atomic E-state index is 0.246. The summed E-state index contributed by atoms with van der Waals surface area (Å²) in [6.45, 7) is 1.86.